The van der Waals surface area contributed by atoms with Gasteiger partial charge in [-0.2, -0.15) is 0 Å². The molecule has 2 aromatic heterocycles. The number of aromatic nitrogens is 2. The maximum atomic E-state index is 12.0. The summed E-state index contributed by atoms with van der Waals surface area (Å²) in [4.78, 5) is 16.3. The zero-order valence-corrected chi connectivity index (χ0v) is 11.6. The summed E-state index contributed by atoms with van der Waals surface area (Å²) in [6, 6.07) is 1.87. The van der Waals surface area contributed by atoms with Gasteiger partial charge in [0.05, 0.1) is 25.0 Å². The van der Waals surface area contributed by atoms with Gasteiger partial charge in [0.25, 0.3) is 5.56 Å². The second-order valence-electron chi connectivity index (χ2n) is 4.67. The number of rotatable bonds is 6. The number of fused-ring (bicyclic) bond motifs is 1. The lowest BCUT2D eigenvalue weighted by Gasteiger charge is -2.07. The van der Waals surface area contributed by atoms with Gasteiger partial charge in [0.15, 0.2) is 0 Å². The van der Waals surface area contributed by atoms with E-state index < -0.39 is 0 Å². The quantitative estimate of drug-likeness (QED) is 0.755. The molecule has 0 amide bonds. The van der Waals surface area contributed by atoms with Gasteiger partial charge < -0.3 is 4.74 Å². The maximum Gasteiger partial charge on any atom is 0.271 e. The Hall–Kier alpha value is -1.20. The molecular formula is C13H18N2O2S. The molecule has 2 rings (SSSR count). The molecule has 18 heavy (non-hydrogen) atoms. The smallest absolute Gasteiger partial charge is 0.271 e. The molecule has 0 unspecified atom stereocenters. The first kappa shape index (κ1) is 13.2. The summed E-state index contributed by atoms with van der Waals surface area (Å²) in [6.07, 6.45) is 2.65. The van der Waals surface area contributed by atoms with Crippen molar-refractivity contribution in [3.63, 3.8) is 0 Å². The van der Waals surface area contributed by atoms with Crippen molar-refractivity contribution in [3.05, 3.63) is 28.1 Å². The highest BCUT2D eigenvalue weighted by atomic mass is 32.1. The van der Waals surface area contributed by atoms with Gasteiger partial charge >= 0.3 is 0 Å². The average molecular weight is 266 g/mol. The van der Waals surface area contributed by atoms with E-state index in [0.29, 0.717) is 19.1 Å². The van der Waals surface area contributed by atoms with Crippen LogP contribution in [0.4, 0.5) is 0 Å². The van der Waals surface area contributed by atoms with Crippen molar-refractivity contribution in [1.82, 2.24) is 9.55 Å². The Morgan fingerprint density at radius 3 is 3.06 bits per heavy atom. The molecule has 0 N–H and O–H groups in total. The molecule has 5 heteroatoms. The summed E-state index contributed by atoms with van der Waals surface area (Å²) < 4.78 is 7.85. The van der Waals surface area contributed by atoms with Crippen molar-refractivity contribution in [1.29, 1.82) is 0 Å². The van der Waals surface area contributed by atoms with Gasteiger partial charge in [-0.15, -0.1) is 11.3 Å². The van der Waals surface area contributed by atoms with E-state index in [4.69, 9.17) is 4.74 Å². The molecule has 0 bridgehead atoms. The highest BCUT2D eigenvalue weighted by Gasteiger charge is 2.04. The average Bonchev–Trinajstić information content (AvgIpc) is 2.80. The minimum Gasteiger partial charge on any atom is -0.380 e. The molecule has 98 valence electrons. The first-order chi connectivity index (χ1) is 8.68. The third-order valence-corrected chi connectivity index (χ3v) is 3.64. The Labute approximate surface area is 110 Å². The lowest BCUT2D eigenvalue weighted by Crippen LogP contribution is -2.22. The summed E-state index contributed by atoms with van der Waals surface area (Å²) in [7, 11) is 0. The zero-order valence-electron chi connectivity index (χ0n) is 10.8. The minimum absolute atomic E-state index is 0.0301. The van der Waals surface area contributed by atoms with Crippen molar-refractivity contribution in [2.45, 2.75) is 26.8 Å². The molecule has 0 fully saturated rings. The molecule has 0 aromatic carbocycles. The predicted octanol–water partition coefficient (Wildman–Crippen LogP) is 2.52. The fourth-order valence-electron chi connectivity index (χ4n) is 1.62. The lowest BCUT2D eigenvalue weighted by molar-refractivity contribution is 0.115. The summed E-state index contributed by atoms with van der Waals surface area (Å²) >= 11 is 1.44. The molecule has 2 heterocycles. The molecule has 0 aliphatic heterocycles. The summed E-state index contributed by atoms with van der Waals surface area (Å²) in [5, 5.41) is 1.89. The van der Waals surface area contributed by atoms with Crippen LogP contribution in [-0.2, 0) is 11.3 Å². The Balaban J connectivity index is 1.91. The van der Waals surface area contributed by atoms with E-state index in [1.54, 1.807) is 10.9 Å². The van der Waals surface area contributed by atoms with E-state index in [1.807, 2.05) is 11.4 Å². The second kappa shape index (κ2) is 6.11. The van der Waals surface area contributed by atoms with Gasteiger partial charge in [-0.25, -0.2) is 4.98 Å². The van der Waals surface area contributed by atoms with Crippen molar-refractivity contribution in [2.75, 3.05) is 13.2 Å². The van der Waals surface area contributed by atoms with Crippen LogP contribution in [0.2, 0.25) is 0 Å². The molecule has 4 nitrogen and oxygen atoms in total. The molecule has 0 aliphatic carbocycles. The highest BCUT2D eigenvalue weighted by molar-refractivity contribution is 7.17. The predicted molar refractivity (Wildman–Crippen MR) is 74.2 cm³/mol. The Morgan fingerprint density at radius 2 is 2.28 bits per heavy atom. The van der Waals surface area contributed by atoms with Crippen LogP contribution in [0, 0.1) is 5.92 Å². The van der Waals surface area contributed by atoms with E-state index in [2.05, 4.69) is 18.8 Å². The van der Waals surface area contributed by atoms with E-state index in [-0.39, 0.29) is 5.56 Å². The van der Waals surface area contributed by atoms with Gasteiger partial charge in [0.2, 0.25) is 0 Å². The fraction of sp³-hybridized carbons (Fsp3) is 0.538. The molecule has 0 atom stereocenters. The summed E-state index contributed by atoms with van der Waals surface area (Å²) in [5.74, 6) is 0.650. The van der Waals surface area contributed by atoms with Gasteiger partial charge in [-0.1, -0.05) is 13.8 Å². The van der Waals surface area contributed by atoms with Gasteiger partial charge in [0.1, 0.15) is 4.70 Å². The van der Waals surface area contributed by atoms with Crippen LogP contribution < -0.4 is 5.56 Å². The van der Waals surface area contributed by atoms with Crippen LogP contribution >= 0.6 is 11.3 Å². The standard InChI is InChI=1S/C13H18N2O2S/c1-10(2)3-6-17-7-5-15-9-14-11-4-8-18-12(11)13(15)16/h4,8-10H,3,5-7H2,1-2H3. The van der Waals surface area contributed by atoms with Gasteiger partial charge in [0, 0.05) is 6.61 Å². The number of hydrogen-bond donors (Lipinski definition) is 0. The third-order valence-electron chi connectivity index (χ3n) is 2.75. The van der Waals surface area contributed by atoms with Crippen molar-refractivity contribution < 1.29 is 4.74 Å². The topological polar surface area (TPSA) is 44.1 Å². The van der Waals surface area contributed by atoms with Crippen LogP contribution in [0.5, 0.6) is 0 Å². The van der Waals surface area contributed by atoms with Crippen LogP contribution in [-0.4, -0.2) is 22.8 Å². The van der Waals surface area contributed by atoms with Crippen LogP contribution in [0.3, 0.4) is 0 Å². The summed E-state index contributed by atoms with van der Waals surface area (Å²) in [6.45, 7) is 6.22. The lowest BCUT2D eigenvalue weighted by atomic mass is 10.1. The molecule has 0 saturated heterocycles. The van der Waals surface area contributed by atoms with E-state index >= 15 is 0 Å². The summed E-state index contributed by atoms with van der Waals surface area (Å²) in [5.41, 5.74) is 0.810. The first-order valence-corrected chi connectivity index (χ1v) is 7.07. The molecule has 0 spiro atoms. The van der Waals surface area contributed by atoms with E-state index in [9.17, 15) is 4.79 Å². The number of thiophene rings is 1. The fourth-order valence-corrected chi connectivity index (χ4v) is 2.41. The first-order valence-electron chi connectivity index (χ1n) is 6.19. The largest absolute Gasteiger partial charge is 0.380 e. The normalized spacial score (nSPS) is 11.5. The monoisotopic (exact) mass is 266 g/mol. The van der Waals surface area contributed by atoms with Crippen molar-refractivity contribution in [3.8, 4) is 0 Å². The Kier molecular flexibility index (Phi) is 4.49. The van der Waals surface area contributed by atoms with Crippen molar-refractivity contribution >= 4 is 21.6 Å². The molecular weight excluding hydrogens is 248 g/mol. The third kappa shape index (κ3) is 3.17. The van der Waals surface area contributed by atoms with Crippen LogP contribution in [0.15, 0.2) is 22.6 Å². The Morgan fingerprint density at radius 1 is 1.44 bits per heavy atom. The van der Waals surface area contributed by atoms with Gasteiger partial charge in [-0.3, -0.25) is 9.36 Å². The Bertz CT molecular complexity index is 559. The molecule has 0 saturated carbocycles. The number of ether oxygens (including phenoxy) is 1. The molecule has 0 aliphatic rings. The van der Waals surface area contributed by atoms with E-state index in [0.717, 1.165) is 23.2 Å². The highest BCUT2D eigenvalue weighted by Crippen LogP contribution is 2.12. The van der Waals surface area contributed by atoms with Crippen LogP contribution in [0.25, 0.3) is 10.2 Å². The number of nitrogens with zero attached hydrogens (tertiary/aromatic N) is 2. The minimum atomic E-state index is 0.0301. The van der Waals surface area contributed by atoms with Gasteiger partial charge in [-0.05, 0) is 23.8 Å². The van der Waals surface area contributed by atoms with Crippen LogP contribution in [0.1, 0.15) is 20.3 Å². The number of hydrogen-bond acceptors (Lipinski definition) is 4. The maximum absolute atomic E-state index is 12.0. The second-order valence-corrected chi connectivity index (χ2v) is 5.59. The SMILES string of the molecule is CC(C)CCOCCn1cnc2ccsc2c1=O. The van der Waals surface area contributed by atoms with E-state index in [1.165, 1.54) is 11.3 Å². The molecule has 0 radical (unpaired) electrons. The van der Waals surface area contributed by atoms with Crippen molar-refractivity contribution in [2.24, 2.45) is 5.92 Å². The zero-order chi connectivity index (χ0) is 13.0. The molecule has 2 aromatic rings.